The van der Waals surface area contributed by atoms with Crippen LogP contribution in [0.2, 0.25) is 0 Å². The zero-order valence-corrected chi connectivity index (χ0v) is 10.8. The Balaban J connectivity index is 2.08. The van der Waals surface area contributed by atoms with Gasteiger partial charge in [0.15, 0.2) is 0 Å². The highest BCUT2D eigenvalue weighted by Gasteiger charge is 2.31. The highest BCUT2D eigenvalue weighted by Crippen LogP contribution is 2.31. The Morgan fingerprint density at radius 3 is 2.83 bits per heavy atom. The zero-order valence-electron chi connectivity index (χ0n) is 10.8. The highest BCUT2D eigenvalue weighted by atomic mass is 16.1. The topological polar surface area (TPSA) is 80.0 Å². The Bertz CT molecular complexity index is 435. The van der Waals surface area contributed by atoms with E-state index in [0.29, 0.717) is 23.1 Å². The molecule has 1 aromatic heterocycles. The lowest BCUT2D eigenvalue weighted by Crippen LogP contribution is -2.37. The molecule has 0 aliphatic heterocycles. The summed E-state index contributed by atoms with van der Waals surface area (Å²) in [5, 5.41) is 3.09. The van der Waals surface area contributed by atoms with Crippen molar-refractivity contribution in [1.82, 2.24) is 10.3 Å². The van der Waals surface area contributed by atoms with Crippen LogP contribution in [-0.4, -0.2) is 16.9 Å². The Labute approximate surface area is 107 Å². The number of carbonyl (C=O) groups is 1. The molecule has 0 bridgehead atoms. The third kappa shape index (κ3) is 2.46. The van der Waals surface area contributed by atoms with Gasteiger partial charge in [0, 0.05) is 12.2 Å². The predicted octanol–water partition coefficient (Wildman–Crippen LogP) is 1.53. The molecule has 1 aromatic rings. The molecule has 0 aromatic carbocycles. The minimum absolute atomic E-state index is 0.0868. The van der Waals surface area contributed by atoms with Gasteiger partial charge >= 0.3 is 0 Å². The summed E-state index contributed by atoms with van der Waals surface area (Å²) in [5.41, 5.74) is 3.59. The minimum Gasteiger partial charge on any atom is -0.349 e. The van der Waals surface area contributed by atoms with Crippen molar-refractivity contribution in [1.29, 1.82) is 0 Å². The van der Waals surface area contributed by atoms with Gasteiger partial charge in [0.05, 0.1) is 17.4 Å². The SMILES string of the molecule is CC1CCC(NC(=O)c2ccncc2NN)C1C. The second-order valence-corrected chi connectivity index (χ2v) is 5.06. The average Bonchev–Trinajstić information content (AvgIpc) is 2.70. The molecule has 1 fully saturated rings. The molecule has 4 N–H and O–H groups in total. The van der Waals surface area contributed by atoms with Crippen LogP contribution in [0.4, 0.5) is 5.69 Å². The number of nitrogen functional groups attached to an aromatic ring is 1. The first kappa shape index (κ1) is 12.8. The molecule has 1 heterocycles. The number of amides is 1. The molecule has 0 radical (unpaired) electrons. The molecular formula is C13H20N4O. The lowest BCUT2D eigenvalue weighted by atomic mass is 9.97. The summed E-state index contributed by atoms with van der Waals surface area (Å²) < 4.78 is 0. The van der Waals surface area contributed by atoms with Crippen molar-refractivity contribution in [3.05, 3.63) is 24.0 Å². The van der Waals surface area contributed by atoms with Crippen LogP contribution in [0.15, 0.2) is 18.5 Å². The second-order valence-electron chi connectivity index (χ2n) is 5.06. The van der Waals surface area contributed by atoms with E-state index in [2.05, 4.69) is 29.6 Å². The zero-order chi connectivity index (χ0) is 13.1. The number of pyridine rings is 1. The maximum absolute atomic E-state index is 12.2. The number of hydrogen-bond acceptors (Lipinski definition) is 4. The molecule has 3 unspecified atom stereocenters. The summed E-state index contributed by atoms with van der Waals surface area (Å²) >= 11 is 0. The largest absolute Gasteiger partial charge is 0.349 e. The van der Waals surface area contributed by atoms with E-state index >= 15 is 0 Å². The lowest BCUT2D eigenvalue weighted by Gasteiger charge is -2.20. The number of rotatable bonds is 3. The van der Waals surface area contributed by atoms with Crippen LogP contribution in [-0.2, 0) is 0 Å². The van der Waals surface area contributed by atoms with E-state index in [1.807, 2.05) is 0 Å². The van der Waals surface area contributed by atoms with Crippen molar-refractivity contribution in [3.8, 4) is 0 Å². The van der Waals surface area contributed by atoms with Crippen molar-refractivity contribution in [2.45, 2.75) is 32.7 Å². The van der Waals surface area contributed by atoms with Gasteiger partial charge < -0.3 is 10.7 Å². The molecule has 1 aliphatic rings. The van der Waals surface area contributed by atoms with Gasteiger partial charge in [-0.2, -0.15) is 0 Å². The fourth-order valence-electron chi connectivity index (χ4n) is 2.52. The summed E-state index contributed by atoms with van der Waals surface area (Å²) in [6, 6.07) is 1.93. The Hall–Kier alpha value is -1.62. The predicted molar refractivity (Wildman–Crippen MR) is 70.9 cm³/mol. The maximum atomic E-state index is 12.2. The van der Waals surface area contributed by atoms with E-state index in [9.17, 15) is 4.79 Å². The van der Waals surface area contributed by atoms with Crippen LogP contribution in [0, 0.1) is 11.8 Å². The number of nitrogens with one attached hydrogen (secondary N) is 2. The smallest absolute Gasteiger partial charge is 0.253 e. The van der Waals surface area contributed by atoms with Gasteiger partial charge in [0.2, 0.25) is 0 Å². The summed E-state index contributed by atoms with van der Waals surface area (Å²) in [6.07, 6.45) is 5.36. The van der Waals surface area contributed by atoms with Crippen molar-refractivity contribution in [2.24, 2.45) is 17.7 Å². The van der Waals surface area contributed by atoms with Crippen LogP contribution >= 0.6 is 0 Å². The number of carbonyl (C=O) groups excluding carboxylic acids is 1. The van der Waals surface area contributed by atoms with Crippen LogP contribution in [0.5, 0.6) is 0 Å². The van der Waals surface area contributed by atoms with Crippen LogP contribution in [0.1, 0.15) is 37.0 Å². The monoisotopic (exact) mass is 248 g/mol. The molecule has 18 heavy (non-hydrogen) atoms. The summed E-state index contributed by atoms with van der Waals surface area (Å²) in [6.45, 7) is 4.42. The molecule has 2 rings (SSSR count). The van der Waals surface area contributed by atoms with Gasteiger partial charge in [-0.15, -0.1) is 0 Å². The average molecular weight is 248 g/mol. The van der Waals surface area contributed by atoms with E-state index < -0.39 is 0 Å². The van der Waals surface area contributed by atoms with E-state index in [1.54, 1.807) is 18.5 Å². The Kier molecular flexibility index (Phi) is 3.81. The molecule has 3 atom stereocenters. The van der Waals surface area contributed by atoms with Gasteiger partial charge in [0.25, 0.3) is 5.91 Å². The Morgan fingerprint density at radius 1 is 1.44 bits per heavy atom. The third-order valence-corrected chi connectivity index (χ3v) is 4.00. The summed E-state index contributed by atoms with van der Waals surface area (Å²) in [7, 11) is 0. The van der Waals surface area contributed by atoms with Gasteiger partial charge in [-0.3, -0.25) is 15.6 Å². The van der Waals surface area contributed by atoms with Crippen molar-refractivity contribution in [3.63, 3.8) is 0 Å². The molecule has 1 aliphatic carbocycles. The number of anilines is 1. The molecule has 1 amide bonds. The fraction of sp³-hybridized carbons (Fsp3) is 0.538. The van der Waals surface area contributed by atoms with Crippen LogP contribution < -0.4 is 16.6 Å². The third-order valence-electron chi connectivity index (χ3n) is 4.00. The van der Waals surface area contributed by atoms with Gasteiger partial charge in [-0.25, -0.2) is 0 Å². The van der Waals surface area contributed by atoms with Crippen molar-refractivity contribution < 1.29 is 4.79 Å². The molecule has 0 spiro atoms. The molecular weight excluding hydrogens is 228 g/mol. The number of nitrogens with zero attached hydrogens (tertiary/aromatic N) is 1. The first-order valence-corrected chi connectivity index (χ1v) is 6.35. The number of hydrazine groups is 1. The first-order chi connectivity index (χ1) is 8.63. The quantitative estimate of drug-likeness (QED) is 0.560. The first-order valence-electron chi connectivity index (χ1n) is 6.35. The van der Waals surface area contributed by atoms with Gasteiger partial charge in [0.1, 0.15) is 0 Å². The molecule has 1 saturated carbocycles. The van der Waals surface area contributed by atoms with Gasteiger partial charge in [-0.05, 0) is 30.7 Å². The minimum atomic E-state index is -0.0868. The summed E-state index contributed by atoms with van der Waals surface area (Å²) in [4.78, 5) is 16.1. The van der Waals surface area contributed by atoms with Crippen molar-refractivity contribution >= 4 is 11.6 Å². The standard InChI is InChI=1S/C13H20N4O/c1-8-3-4-11(9(8)2)16-13(18)10-5-6-15-7-12(10)17-14/h5-9,11,17H,3-4,14H2,1-2H3,(H,16,18). The van der Waals surface area contributed by atoms with E-state index in [4.69, 9.17) is 5.84 Å². The van der Waals surface area contributed by atoms with Crippen molar-refractivity contribution in [2.75, 3.05) is 5.43 Å². The molecule has 0 saturated heterocycles. The van der Waals surface area contributed by atoms with E-state index in [-0.39, 0.29) is 11.9 Å². The normalized spacial score (nSPS) is 26.9. The van der Waals surface area contributed by atoms with Crippen LogP contribution in [0.3, 0.4) is 0 Å². The van der Waals surface area contributed by atoms with Gasteiger partial charge in [-0.1, -0.05) is 13.8 Å². The van der Waals surface area contributed by atoms with Crippen LogP contribution in [0.25, 0.3) is 0 Å². The number of aromatic nitrogens is 1. The highest BCUT2D eigenvalue weighted by molar-refractivity contribution is 5.99. The fourth-order valence-corrected chi connectivity index (χ4v) is 2.52. The lowest BCUT2D eigenvalue weighted by molar-refractivity contribution is 0.0928. The number of hydrogen-bond donors (Lipinski definition) is 3. The molecule has 5 heteroatoms. The number of nitrogens with two attached hydrogens (primary N) is 1. The van der Waals surface area contributed by atoms with E-state index in [1.165, 1.54) is 6.42 Å². The maximum Gasteiger partial charge on any atom is 0.253 e. The summed E-state index contributed by atoms with van der Waals surface area (Å²) in [5.74, 6) is 6.47. The second kappa shape index (κ2) is 5.35. The Morgan fingerprint density at radius 2 is 2.22 bits per heavy atom. The molecule has 5 nitrogen and oxygen atoms in total. The van der Waals surface area contributed by atoms with E-state index in [0.717, 1.165) is 6.42 Å². The molecule has 98 valence electrons.